The summed E-state index contributed by atoms with van der Waals surface area (Å²) >= 11 is 3.73. The average Bonchev–Trinajstić information content (AvgIpc) is 3.83. The van der Waals surface area contributed by atoms with Crippen LogP contribution < -0.4 is 0 Å². The summed E-state index contributed by atoms with van der Waals surface area (Å²) < 4.78 is 1.36. The highest BCUT2D eigenvalue weighted by atomic mass is 32.2. The minimum absolute atomic E-state index is 0.427. The number of hydrogen-bond donors (Lipinski definition) is 0. The fourth-order valence-electron chi connectivity index (χ4n) is 8.34. The molecule has 0 fully saturated rings. The Morgan fingerprint density at radius 3 is 1.68 bits per heavy atom. The second-order valence-corrected chi connectivity index (χ2v) is 15.5. The fraction of sp³-hybridized carbons (Fsp3) is 0.0208. The van der Waals surface area contributed by atoms with Gasteiger partial charge in [0.25, 0.3) is 0 Å². The molecule has 53 heavy (non-hydrogen) atoms. The van der Waals surface area contributed by atoms with Gasteiger partial charge in [-0.1, -0.05) is 157 Å². The van der Waals surface area contributed by atoms with E-state index in [1.165, 1.54) is 58.8 Å². The lowest BCUT2D eigenvalue weighted by molar-refractivity contribution is 0.723. The van der Waals surface area contributed by atoms with Gasteiger partial charge in [0.1, 0.15) is 0 Å². The van der Waals surface area contributed by atoms with Gasteiger partial charge in [-0.05, 0) is 74.0 Å². The van der Waals surface area contributed by atoms with Gasteiger partial charge in [-0.25, -0.2) is 15.0 Å². The van der Waals surface area contributed by atoms with Crippen LogP contribution in [0.2, 0.25) is 0 Å². The Labute approximate surface area is 315 Å². The molecule has 248 valence electrons. The quantitative estimate of drug-likeness (QED) is 0.182. The van der Waals surface area contributed by atoms with Crippen molar-refractivity contribution in [3.05, 3.63) is 197 Å². The molecule has 1 aliphatic carbocycles. The maximum Gasteiger partial charge on any atom is 0.164 e. The molecule has 2 aliphatic rings. The van der Waals surface area contributed by atoms with Crippen LogP contribution in [0.1, 0.15) is 22.3 Å². The second-order valence-electron chi connectivity index (χ2n) is 13.5. The minimum atomic E-state index is -0.427. The number of benzene rings is 7. The van der Waals surface area contributed by atoms with Gasteiger partial charge in [0.2, 0.25) is 0 Å². The molecule has 1 spiro atoms. The first-order valence-electron chi connectivity index (χ1n) is 17.8. The van der Waals surface area contributed by atoms with E-state index in [0.717, 1.165) is 22.3 Å². The molecule has 5 heteroatoms. The van der Waals surface area contributed by atoms with Crippen LogP contribution in [0.3, 0.4) is 0 Å². The summed E-state index contributed by atoms with van der Waals surface area (Å²) in [7, 11) is 0. The van der Waals surface area contributed by atoms with E-state index in [1.54, 1.807) is 0 Å². The maximum atomic E-state index is 4.97. The van der Waals surface area contributed by atoms with Gasteiger partial charge in [0, 0.05) is 36.7 Å². The average molecular weight is 712 g/mol. The SMILES string of the molecule is c1ccc(-c2nc(-c3ccccc3)nc(-c3ccc(-c4ccc5c(c4)C4(c6ccccc6S5)c5ccccc5-c5c4ccc4ccsc54)cc3)n2)cc1. The zero-order valence-electron chi connectivity index (χ0n) is 28.4. The molecule has 3 heterocycles. The Morgan fingerprint density at radius 2 is 0.962 bits per heavy atom. The molecule has 0 saturated carbocycles. The first-order chi connectivity index (χ1) is 26.3. The van der Waals surface area contributed by atoms with Gasteiger partial charge < -0.3 is 0 Å². The highest BCUT2D eigenvalue weighted by Gasteiger charge is 2.50. The number of nitrogens with zero attached hydrogens (tertiary/aromatic N) is 3. The van der Waals surface area contributed by atoms with Crippen LogP contribution in [-0.2, 0) is 5.41 Å². The molecule has 7 aromatic carbocycles. The highest BCUT2D eigenvalue weighted by Crippen LogP contribution is 2.63. The second kappa shape index (κ2) is 12.0. The summed E-state index contributed by atoms with van der Waals surface area (Å²) in [5.41, 5.74) is 12.9. The van der Waals surface area contributed by atoms with Crippen LogP contribution in [-0.4, -0.2) is 15.0 Å². The smallest absolute Gasteiger partial charge is 0.164 e. The Bertz CT molecular complexity index is 2810. The highest BCUT2D eigenvalue weighted by molar-refractivity contribution is 7.99. The van der Waals surface area contributed by atoms with Crippen molar-refractivity contribution in [3.8, 4) is 56.4 Å². The van der Waals surface area contributed by atoms with E-state index in [-0.39, 0.29) is 0 Å². The zero-order valence-corrected chi connectivity index (χ0v) is 30.0. The number of thiophene rings is 1. The maximum absolute atomic E-state index is 4.97. The van der Waals surface area contributed by atoms with Gasteiger partial charge >= 0.3 is 0 Å². The van der Waals surface area contributed by atoms with Crippen LogP contribution in [0.15, 0.2) is 185 Å². The normalized spacial score (nSPS) is 15.2. The minimum Gasteiger partial charge on any atom is -0.208 e. The number of hydrogen-bond acceptors (Lipinski definition) is 5. The molecule has 1 aliphatic heterocycles. The molecule has 0 saturated heterocycles. The third-order valence-corrected chi connectivity index (χ3v) is 12.8. The molecule has 1 atom stereocenters. The van der Waals surface area contributed by atoms with Crippen molar-refractivity contribution in [3.63, 3.8) is 0 Å². The van der Waals surface area contributed by atoms with E-state index in [4.69, 9.17) is 15.0 Å². The first kappa shape index (κ1) is 30.5. The van der Waals surface area contributed by atoms with Gasteiger partial charge in [-0.15, -0.1) is 11.3 Å². The summed E-state index contributed by atoms with van der Waals surface area (Å²) in [5.74, 6) is 1.97. The monoisotopic (exact) mass is 711 g/mol. The molecule has 0 amide bonds. The van der Waals surface area contributed by atoms with Gasteiger partial charge in [-0.3, -0.25) is 0 Å². The predicted octanol–water partition coefficient (Wildman–Crippen LogP) is 12.6. The topological polar surface area (TPSA) is 38.7 Å². The summed E-state index contributed by atoms with van der Waals surface area (Å²) in [6.07, 6.45) is 0. The van der Waals surface area contributed by atoms with Crippen molar-refractivity contribution in [2.75, 3.05) is 0 Å². The van der Waals surface area contributed by atoms with Crippen molar-refractivity contribution < 1.29 is 0 Å². The Hall–Kier alpha value is -6.14. The summed E-state index contributed by atoms with van der Waals surface area (Å²) in [5, 5.41) is 3.53. The van der Waals surface area contributed by atoms with Crippen LogP contribution >= 0.6 is 23.1 Å². The molecule has 0 radical (unpaired) electrons. The lowest BCUT2D eigenvalue weighted by Gasteiger charge is -2.40. The number of fused-ring (bicyclic) bond motifs is 11. The molecular formula is C48H29N3S2. The van der Waals surface area contributed by atoms with Crippen LogP contribution in [0.4, 0.5) is 0 Å². The molecule has 2 aromatic heterocycles. The van der Waals surface area contributed by atoms with Crippen molar-refractivity contribution in [1.29, 1.82) is 0 Å². The van der Waals surface area contributed by atoms with E-state index in [0.29, 0.717) is 17.5 Å². The van der Waals surface area contributed by atoms with Gasteiger partial charge in [-0.2, -0.15) is 0 Å². The summed E-state index contributed by atoms with van der Waals surface area (Å²) in [4.78, 5) is 17.4. The molecule has 11 rings (SSSR count). The molecular weight excluding hydrogens is 683 g/mol. The fourth-order valence-corrected chi connectivity index (χ4v) is 10.5. The molecule has 0 bridgehead atoms. The van der Waals surface area contributed by atoms with E-state index < -0.39 is 5.41 Å². The van der Waals surface area contributed by atoms with E-state index in [1.807, 2.05) is 83.8 Å². The van der Waals surface area contributed by atoms with Gasteiger partial charge in [0.15, 0.2) is 17.5 Å². The summed E-state index contributed by atoms with van der Waals surface area (Å²) in [6, 6.07) is 61.0. The summed E-state index contributed by atoms with van der Waals surface area (Å²) in [6.45, 7) is 0. The number of aromatic nitrogens is 3. The first-order valence-corrected chi connectivity index (χ1v) is 19.5. The number of rotatable bonds is 4. The molecule has 0 N–H and O–H groups in total. The van der Waals surface area contributed by atoms with E-state index >= 15 is 0 Å². The van der Waals surface area contributed by atoms with Gasteiger partial charge in [0.05, 0.1) is 5.41 Å². The van der Waals surface area contributed by atoms with Crippen molar-refractivity contribution in [2.45, 2.75) is 15.2 Å². The molecule has 9 aromatic rings. The Morgan fingerprint density at radius 1 is 0.396 bits per heavy atom. The van der Waals surface area contributed by atoms with Crippen LogP contribution in [0.5, 0.6) is 0 Å². The van der Waals surface area contributed by atoms with Crippen LogP contribution in [0.25, 0.3) is 66.5 Å². The van der Waals surface area contributed by atoms with Crippen molar-refractivity contribution in [2.24, 2.45) is 0 Å². The molecule has 3 nitrogen and oxygen atoms in total. The predicted molar refractivity (Wildman–Crippen MR) is 218 cm³/mol. The third-order valence-electron chi connectivity index (χ3n) is 10.7. The lowest BCUT2D eigenvalue weighted by atomic mass is 9.67. The largest absolute Gasteiger partial charge is 0.208 e. The zero-order chi connectivity index (χ0) is 34.9. The standard InChI is InChI=1S/C48H29N3S2/c1-3-11-32(12-4-1)45-49-46(33-13-5-2-6-14-33)51-47(50-45)34-21-19-30(20-22-34)35-24-26-42-40(29-35)48(38-17-9-10-18-41(38)53-42)37-16-8-7-15-36(37)43-39(48)25-23-31-27-28-52-44(31)43/h1-29H. The Kier molecular flexibility index (Phi) is 6.88. The lowest BCUT2D eigenvalue weighted by Crippen LogP contribution is -2.32. The van der Waals surface area contributed by atoms with E-state index in [2.05, 4.69) is 115 Å². The van der Waals surface area contributed by atoms with Crippen molar-refractivity contribution in [1.82, 2.24) is 15.0 Å². The molecule has 1 unspecified atom stereocenters. The van der Waals surface area contributed by atoms with E-state index in [9.17, 15) is 0 Å². The third kappa shape index (κ3) is 4.64. The van der Waals surface area contributed by atoms with Crippen LogP contribution in [0, 0.1) is 0 Å². The van der Waals surface area contributed by atoms with Crippen molar-refractivity contribution >= 4 is 33.2 Å². The Balaban J connectivity index is 1.07.